The summed E-state index contributed by atoms with van der Waals surface area (Å²) in [5.74, 6) is 0. The summed E-state index contributed by atoms with van der Waals surface area (Å²) in [4.78, 5) is 7.81. The molecule has 18 heavy (non-hydrogen) atoms. The summed E-state index contributed by atoms with van der Waals surface area (Å²) in [7, 11) is -2.38. The zero-order chi connectivity index (χ0) is 13.5. The molecule has 0 saturated heterocycles. The lowest BCUT2D eigenvalue weighted by molar-refractivity contribution is 0.588. The van der Waals surface area contributed by atoms with E-state index in [-0.39, 0.29) is 20.2 Å². The molecule has 2 rings (SSSR count). The summed E-state index contributed by atoms with van der Waals surface area (Å²) in [5, 5.41) is 0.0632. The zero-order valence-electron chi connectivity index (χ0n) is 8.91. The van der Waals surface area contributed by atoms with Gasteiger partial charge >= 0.3 is 0 Å². The number of nitrogens with one attached hydrogen (secondary N) is 1. The number of halogens is 3. The summed E-state index contributed by atoms with van der Waals surface area (Å²) in [6.07, 6.45) is 0. The Morgan fingerprint density at radius 3 is 2.06 bits per heavy atom. The first kappa shape index (κ1) is 13.8. The smallest absolute Gasteiger partial charge is 0.231 e. The van der Waals surface area contributed by atoms with Crippen LogP contribution in [-0.2, 0) is 10.0 Å². The van der Waals surface area contributed by atoms with Crippen LogP contribution < -0.4 is 4.72 Å². The minimum Gasteiger partial charge on any atom is -0.231 e. The van der Waals surface area contributed by atoms with Crippen LogP contribution in [0.3, 0.4) is 0 Å². The maximum atomic E-state index is 11.7. The molecule has 0 amide bonds. The van der Waals surface area contributed by atoms with Gasteiger partial charge in [-0.3, -0.25) is 0 Å². The first-order chi connectivity index (χ1) is 8.35. The van der Waals surface area contributed by atoms with Crippen molar-refractivity contribution in [3.05, 3.63) is 27.5 Å². The van der Waals surface area contributed by atoms with Gasteiger partial charge in [-0.15, -0.1) is 0 Å². The number of rotatable bonds is 2. The topological polar surface area (TPSA) is 72.0 Å². The molecule has 0 unspecified atom stereocenters. The van der Waals surface area contributed by atoms with Gasteiger partial charge in [-0.05, 0) is 19.2 Å². The van der Waals surface area contributed by atoms with Crippen molar-refractivity contribution < 1.29 is 8.42 Å². The number of fused-ring (bicyclic) bond motifs is 1. The Balaban J connectivity index is 2.81. The van der Waals surface area contributed by atoms with E-state index >= 15 is 0 Å². The molecule has 0 radical (unpaired) electrons. The van der Waals surface area contributed by atoms with Gasteiger partial charge in [-0.25, -0.2) is 23.1 Å². The summed E-state index contributed by atoms with van der Waals surface area (Å²) < 4.78 is 25.6. The summed E-state index contributed by atoms with van der Waals surface area (Å²) in [6, 6.07) is 2.66. The van der Waals surface area contributed by atoms with E-state index in [0.29, 0.717) is 11.0 Å². The highest BCUT2D eigenvalue weighted by Gasteiger charge is 2.18. The van der Waals surface area contributed by atoms with Gasteiger partial charge in [0, 0.05) is 0 Å². The Kier molecular flexibility index (Phi) is 3.66. The van der Waals surface area contributed by atoms with E-state index in [1.807, 2.05) is 0 Å². The van der Waals surface area contributed by atoms with Gasteiger partial charge in [0.15, 0.2) is 10.3 Å². The number of hydrogen-bond acceptors (Lipinski definition) is 4. The van der Waals surface area contributed by atoms with E-state index in [9.17, 15) is 8.42 Å². The Labute approximate surface area is 118 Å². The molecule has 1 heterocycles. The van der Waals surface area contributed by atoms with E-state index in [0.717, 1.165) is 0 Å². The molecule has 1 aromatic heterocycles. The second-order valence-electron chi connectivity index (χ2n) is 3.28. The van der Waals surface area contributed by atoms with Crippen LogP contribution in [0.4, 0.5) is 0 Å². The predicted molar refractivity (Wildman–Crippen MR) is 70.8 cm³/mol. The van der Waals surface area contributed by atoms with Crippen molar-refractivity contribution >= 4 is 55.9 Å². The van der Waals surface area contributed by atoms with Crippen LogP contribution >= 0.6 is 34.8 Å². The maximum Gasteiger partial charge on any atom is 0.241 e. The molecule has 1 aromatic carbocycles. The lowest BCUT2D eigenvalue weighted by Crippen LogP contribution is -2.19. The number of aromatic nitrogens is 2. The highest BCUT2D eigenvalue weighted by atomic mass is 35.5. The van der Waals surface area contributed by atoms with E-state index < -0.39 is 10.0 Å². The first-order valence-electron chi connectivity index (χ1n) is 4.61. The predicted octanol–water partition coefficient (Wildman–Crippen LogP) is 2.50. The molecule has 9 heteroatoms. The summed E-state index contributed by atoms with van der Waals surface area (Å²) >= 11 is 17.3. The third-order valence-electron chi connectivity index (χ3n) is 2.19. The van der Waals surface area contributed by atoms with Crippen LogP contribution in [0.15, 0.2) is 17.0 Å². The molecule has 0 bridgehead atoms. The monoisotopic (exact) mass is 325 g/mol. The molecule has 0 fully saturated rings. The van der Waals surface area contributed by atoms with Crippen molar-refractivity contribution in [3.63, 3.8) is 0 Å². The second kappa shape index (κ2) is 4.79. The Hall–Kier alpha value is -0.660. The number of benzene rings is 1. The largest absolute Gasteiger partial charge is 0.241 e. The van der Waals surface area contributed by atoms with Crippen LogP contribution in [0.2, 0.25) is 15.3 Å². The van der Waals surface area contributed by atoms with Crippen LogP contribution in [0.25, 0.3) is 11.0 Å². The van der Waals surface area contributed by atoms with E-state index in [2.05, 4.69) is 14.7 Å². The van der Waals surface area contributed by atoms with Gasteiger partial charge < -0.3 is 0 Å². The molecule has 5 nitrogen and oxygen atoms in total. The van der Waals surface area contributed by atoms with Crippen molar-refractivity contribution in [1.29, 1.82) is 0 Å². The van der Waals surface area contributed by atoms with Crippen molar-refractivity contribution in [2.45, 2.75) is 4.90 Å². The Bertz CT molecular complexity index is 733. The van der Waals surface area contributed by atoms with Crippen LogP contribution in [0.1, 0.15) is 0 Å². The van der Waals surface area contributed by atoms with Gasteiger partial charge in [0.05, 0.1) is 16.1 Å². The SMILES string of the molecule is CNS(=O)(=O)c1cc2nc(Cl)c(Cl)nc2cc1Cl. The Morgan fingerprint density at radius 1 is 1.06 bits per heavy atom. The Morgan fingerprint density at radius 2 is 1.56 bits per heavy atom. The van der Waals surface area contributed by atoms with E-state index in [1.54, 1.807) is 0 Å². The lowest BCUT2D eigenvalue weighted by Gasteiger charge is -2.07. The van der Waals surface area contributed by atoms with Crippen molar-refractivity contribution in [2.24, 2.45) is 0 Å². The van der Waals surface area contributed by atoms with Crippen LogP contribution in [-0.4, -0.2) is 25.4 Å². The van der Waals surface area contributed by atoms with E-state index in [1.165, 1.54) is 19.2 Å². The summed E-state index contributed by atoms with van der Waals surface area (Å²) in [5.41, 5.74) is 0.659. The average molecular weight is 327 g/mol. The quantitative estimate of drug-likeness (QED) is 0.920. The first-order valence-corrected chi connectivity index (χ1v) is 7.22. The highest BCUT2D eigenvalue weighted by Crippen LogP contribution is 2.28. The third-order valence-corrected chi connectivity index (χ3v) is 4.70. The van der Waals surface area contributed by atoms with Gasteiger partial charge in [-0.1, -0.05) is 34.8 Å². The number of nitrogens with zero attached hydrogens (tertiary/aromatic N) is 2. The summed E-state index contributed by atoms with van der Waals surface area (Å²) in [6.45, 7) is 0. The highest BCUT2D eigenvalue weighted by molar-refractivity contribution is 7.89. The van der Waals surface area contributed by atoms with Gasteiger partial charge in [0.25, 0.3) is 0 Å². The molecule has 96 valence electrons. The van der Waals surface area contributed by atoms with Crippen LogP contribution in [0.5, 0.6) is 0 Å². The van der Waals surface area contributed by atoms with E-state index in [4.69, 9.17) is 34.8 Å². The minimum atomic E-state index is -3.67. The zero-order valence-corrected chi connectivity index (χ0v) is 12.0. The van der Waals surface area contributed by atoms with Crippen molar-refractivity contribution in [3.8, 4) is 0 Å². The van der Waals surface area contributed by atoms with Gasteiger partial charge in [-0.2, -0.15) is 0 Å². The van der Waals surface area contributed by atoms with Gasteiger partial charge in [0.1, 0.15) is 4.90 Å². The normalized spacial score (nSPS) is 12.0. The van der Waals surface area contributed by atoms with Crippen molar-refractivity contribution in [1.82, 2.24) is 14.7 Å². The maximum absolute atomic E-state index is 11.7. The third kappa shape index (κ3) is 2.39. The molecular weight excluding hydrogens is 321 g/mol. The average Bonchev–Trinajstić information content (AvgIpc) is 2.30. The minimum absolute atomic E-state index is 0.000653. The molecule has 0 saturated carbocycles. The number of hydrogen-bond donors (Lipinski definition) is 1. The van der Waals surface area contributed by atoms with Crippen LogP contribution in [0, 0.1) is 0 Å². The molecule has 2 aromatic rings. The molecule has 0 aliphatic rings. The second-order valence-corrected chi connectivity index (χ2v) is 6.26. The number of sulfonamides is 1. The molecule has 0 spiro atoms. The molecule has 0 atom stereocenters. The van der Waals surface area contributed by atoms with Gasteiger partial charge in [0.2, 0.25) is 10.0 Å². The molecule has 0 aliphatic heterocycles. The standard InChI is InChI=1S/C9H6Cl3N3O2S/c1-13-18(16,17)7-3-6-5(2-4(7)10)14-8(11)9(12)15-6/h2-3,13H,1H3. The fraction of sp³-hybridized carbons (Fsp3) is 0.111. The van der Waals surface area contributed by atoms with Crippen molar-refractivity contribution in [2.75, 3.05) is 7.05 Å². The fourth-order valence-corrected chi connectivity index (χ4v) is 2.86. The molecule has 1 N–H and O–H groups in total. The molecule has 0 aliphatic carbocycles. The lowest BCUT2D eigenvalue weighted by atomic mass is 10.3. The molecular formula is C9H6Cl3N3O2S. The fourth-order valence-electron chi connectivity index (χ4n) is 1.33.